The molecule has 110 valence electrons. The quantitative estimate of drug-likeness (QED) is 0.617. The van der Waals surface area contributed by atoms with Gasteiger partial charge < -0.3 is 0 Å². The number of rotatable bonds is 4. The number of ketones is 2. The maximum Gasteiger partial charge on any atom is 0.170 e. The molecule has 0 aromatic heterocycles. The molecule has 4 fully saturated rings. The smallest absolute Gasteiger partial charge is 0.170 e. The maximum atomic E-state index is 12.9. The summed E-state index contributed by atoms with van der Waals surface area (Å²) in [6.45, 7) is 0. The van der Waals surface area contributed by atoms with Gasteiger partial charge in [-0.1, -0.05) is 30.3 Å². The van der Waals surface area contributed by atoms with Crippen LogP contribution in [0.3, 0.4) is 0 Å². The van der Waals surface area contributed by atoms with E-state index in [9.17, 15) is 9.59 Å². The normalized spacial score (nSPS) is 36.7. The van der Waals surface area contributed by atoms with Crippen LogP contribution in [-0.4, -0.2) is 11.6 Å². The summed E-state index contributed by atoms with van der Waals surface area (Å²) in [7, 11) is 0. The molecule has 0 spiro atoms. The van der Waals surface area contributed by atoms with Crippen LogP contribution in [0.4, 0.5) is 0 Å². The van der Waals surface area contributed by atoms with Crippen molar-refractivity contribution < 1.29 is 9.59 Å². The summed E-state index contributed by atoms with van der Waals surface area (Å²) in [6, 6.07) is 9.26. The molecule has 21 heavy (non-hydrogen) atoms. The van der Waals surface area contributed by atoms with E-state index in [0.29, 0.717) is 5.56 Å². The first-order chi connectivity index (χ1) is 10.1. The zero-order valence-electron chi connectivity index (χ0n) is 12.4. The molecule has 0 saturated heterocycles. The summed E-state index contributed by atoms with van der Waals surface area (Å²) in [5.74, 6) is 2.50. The number of benzene rings is 1. The zero-order chi connectivity index (χ0) is 14.4. The Hall–Kier alpha value is -1.44. The van der Waals surface area contributed by atoms with Crippen molar-refractivity contribution in [3.05, 3.63) is 35.9 Å². The molecule has 4 aliphatic rings. The molecule has 0 radical (unpaired) electrons. The highest BCUT2D eigenvalue weighted by Gasteiger charge is 2.54. The lowest BCUT2D eigenvalue weighted by Gasteiger charge is -2.56. The van der Waals surface area contributed by atoms with Crippen LogP contribution in [0.2, 0.25) is 0 Å². The van der Waals surface area contributed by atoms with E-state index in [-0.39, 0.29) is 23.4 Å². The van der Waals surface area contributed by atoms with Crippen molar-refractivity contribution in [2.45, 2.75) is 44.9 Å². The van der Waals surface area contributed by atoms with Crippen molar-refractivity contribution in [2.75, 3.05) is 0 Å². The second kappa shape index (κ2) is 4.79. The van der Waals surface area contributed by atoms with Gasteiger partial charge in [-0.2, -0.15) is 0 Å². The molecule has 0 aliphatic heterocycles. The number of carbonyl (C=O) groups excluding carboxylic acids is 2. The van der Waals surface area contributed by atoms with Crippen LogP contribution in [0.15, 0.2) is 30.3 Å². The molecule has 0 heterocycles. The highest BCUT2D eigenvalue weighted by Crippen LogP contribution is 2.60. The molecular weight excluding hydrogens is 260 g/mol. The predicted molar refractivity (Wildman–Crippen MR) is 81.0 cm³/mol. The molecule has 4 saturated carbocycles. The van der Waals surface area contributed by atoms with Gasteiger partial charge in [0.15, 0.2) is 5.78 Å². The fourth-order valence-corrected chi connectivity index (χ4v) is 5.51. The van der Waals surface area contributed by atoms with Crippen molar-refractivity contribution in [1.82, 2.24) is 0 Å². The standard InChI is InChI=1S/C19H22O2/c20-17(16-4-2-1-3-5-16)9-18(21)19-10-13-6-14(11-19)8-15(7-13)12-19/h1-5,13-15H,6-12H2. The van der Waals surface area contributed by atoms with E-state index in [1.54, 1.807) is 0 Å². The van der Waals surface area contributed by atoms with Gasteiger partial charge in [0.2, 0.25) is 0 Å². The number of hydrogen-bond donors (Lipinski definition) is 0. The summed E-state index contributed by atoms with van der Waals surface area (Å²) in [5.41, 5.74) is 0.537. The van der Waals surface area contributed by atoms with Gasteiger partial charge in [0.1, 0.15) is 5.78 Å². The summed E-state index contributed by atoms with van der Waals surface area (Å²) in [5, 5.41) is 0. The van der Waals surface area contributed by atoms with Crippen molar-refractivity contribution in [1.29, 1.82) is 0 Å². The van der Waals surface area contributed by atoms with Gasteiger partial charge in [-0.3, -0.25) is 9.59 Å². The SMILES string of the molecule is O=C(CC(=O)C12CC3CC(CC(C3)C1)C2)c1ccccc1. The molecule has 5 rings (SSSR count). The Balaban J connectivity index is 1.51. The van der Waals surface area contributed by atoms with Gasteiger partial charge in [0, 0.05) is 11.0 Å². The molecule has 0 unspecified atom stereocenters. The molecule has 4 aliphatic carbocycles. The molecule has 1 aromatic rings. The maximum absolute atomic E-state index is 12.9. The van der Waals surface area contributed by atoms with Crippen LogP contribution >= 0.6 is 0 Å². The van der Waals surface area contributed by atoms with E-state index in [1.165, 1.54) is 19.3 Å². The fraction of sp³-hybridized carbons (Fsp3) is 0.579. The van der Waals surface area contributed by atoms with Gasteiger partial charge in [-0.25, -0.2) is 0 Å². The van der Waals surface area contributed by atoms with E-state index in [4.69, 9.17) is 0 Å². The molecule has 1 aromatic carbocycles. The van der Waals surface area contributed by atoms with Crippen LogP contribution in [0.25, 0.3) is 0 Å². The first-order valence-corrected chi connectivity index (χ1v) is 8.26. The molecule has 0 amide bonds. The average Bonchev–Trinajstić information content (AvgIpc) is 2.46. The minimum Gasteiger partial charge on any atom is -0.299 e. The highest BCUT2D eigenvalue weighted by atomic mass is 16.1. The third-order valence-electron chi connectivity index (χ3n) is 6.05. The Morgan fingerprint density at radius 1 is 0.905 bits per heavy atom. The van der Waals surface area contributed by atoms with Crippen molar-refractivity contribution in [3.8, 4) is 0 Å². The lowest BCUT2D eigenvalue weighted by molar-refractivity contribution is -0.142. The third-order valence-corrected chi connectivity index (χ3v) is 6.05. The van der Waals surface area contributed by atoms with Crippen molar-refractivity contribution >= 4 is 11.6 Å². The summed E-state index contributed by atoms with van der Waals surface area (Å²) < 4.78 is 0. The summed E-state index contributed by atoms with van der Waals surface area (Å²) in [6.07, 6.45) is 7.27. The van der Waals surface area contributed by atoms with Crippen LogP contribution in [0.5, 0.6) is 0 Å². The zero-order valence-corrected chi connectivity index (χ0v) is 12.4. The highest BCUT2D eigenvalue weighted by molar-refractivity contribution is 6.09. The number of carbonyl (C=O) groups is 2. The van der Waals surface area contributed by atoms with Crippen molar-refractivity contribution in [2.24, 2.45) is 23.2 Å². The Morgan fingerprint density at radius 2 is 1.43 bits per heavy atom. The van der Waals surface area contributed by atoms with Crippen LogP contribution in [0, 0.1) is 23.2 Å². The molecular formula is C19H22O2. The minimum absolute atomic E-state index is 0.00338. The Kier molecular flexibility index (Phi) is 3.02. The number of hydrogen-bond acceptors (Lipinski definition) is 2. The summed E-state index contributed by atoms with van der Waals surface area (Å²) in [4.78, 5) is 25.2. The average molecular weight is 282 g/mol. The second-order valence-corrected chi connectivity index (χ2v) is 7.59. The third kappa shape index (κ3) is 2.25. The first kappa shape index (κ1) is 13.2. The molecule has 4 bridgehead atoms. The van der Waals surface area contributed by atoms with Gasteiger partial charge in [-0.05, 0) is 56.3 Å². The van der Waals surface area contributed by atoms with Crippen LogP contribution in [0.1, 0.15) is 55.3 Å². The van der Waals surface area contributed by atoms with E-state index >= 15 is 0 Å². The first-order valence-electron chi connectivity index (χ1n) is 8.26. The van der Waals surface area contributed by atoms with E-state index in [1.807, 2.05) is 30.3 Å². The Morgan fingerprint density at radius 3 is 1.95 bits per heavy atom. The van der Waals surface area contributed by atoms with Gasteiger partial charge in [0.25, 0.3) is 0 Å². The lowest BCUT2D eigenvalue weighted by atomic mass is 9.48. The van der Waals surface area contributed by atoms with Crippen LogP contribution in [-0.2, 0) is 4.79 Å². The largest absolute Gasteiger partial charge is 0.299 e. The van der Waals surface area contributed by atoms with Gasteiger partial charge in [0.05, 0.1) is 6.42 Å². The topological polar surface area (TPSA) is 34.1 Å². The fourth-order valence-electron chi connectivity index (χ4n) is 5.51. The number of Topliss-reactive ketones (excluding diaryl/α,β-unsaturated/α-hetero) is 2. The minimum atomic E-state index is -0.140. The van der Waals surface area contributed by atoms with E-state index in [2.05, 4.69) is 0 Å². The van der Waals surface area contributed by atoms with Crippen molar-refractivity contribution in [3.63, 3.8) is 0 Å². The molecule has 0 atom stereocenters. The van der Waals surface area contributed by atoms with Gasteiger partial charge in [-0.15, -0.1) is 0 Å². The molecule has 0 N–H and O–H groups in total. The Bertz CT molecular complexity index is 537. The monoisotopic (exact) mass is 282 g/mol. The van der Waals surface area contributed by atoms with Gasteiger partial charge >= 0.3 is 0 Å². The molecule has 2 heteroatoms. The van der Waals surface area contributed by atoms with E-state index in [0.717, 1.165) is 37.0 Å². The Labute approximate surface area is 125 Å². The predicted octanol–water partition coefficient (Wildman–Crippen LogP) is 4.04. The van der Waals surface area contributed by atoms with E-state index < -0.39 is 0 Å². The van der Waals surface area contributed by atoms with Crippen LogP contribution < -0.4 is 0 Å². The lowest BCUT2D eigenvalue weighted by Crippen LogP contribution is -2.50. The summed E-state index contributed by atoms with van der Waals surface area (Å²) >= 11 is 0. The second-order valence-electron chi connectivity index (χ2n) is 7.59. The molecule has 2 nitrogen and oxygen atoms in total.